The van der Waals surface area contributed by atoms with Crippen LogP contribution in [-0.2, 0) is 11.2 Å². The van der Waals surface area contributed by atoms with Crippen LogP contribution in [-0.4, -0.2) is 27.4 Å². The third kappa shape index (κ3) is 2.86. The van der Waals surface area contributed by atoms with Gasteiger partial charge in [-0.3, -0.25) is 4.79 Å². The zero-order chi connectivity index (χ0) is 10.6. The number of aromatic nitrogens is 2. The van der Waals surface area contributed by atoms with Gasteiger partial charge in [0.1, 0.15) is 11.9 Å². The highest BCUT2D eigenvalue weighted by molar-refractivity contribution is 5.77. The van der Waals surface area contributed by atoms with Crippen LogP contribution in [0.4, 0.5) is 0 Å². The van der Waals surface area contributed by atoms with Crippen molar-refractivity contribution in [2.75, 3.05) is 6.54 Å². The summed E-state index contributed by atoms with van der Waals surface area (Å²) in [5.74, 6) is 0.295. The molecule has 3 N–H and O–H groups in total. The van der Waals surface area contributed by atoms with Crippen LogP contribution < -0.4 is 5.73 Å². The predicted molar refractivity (Wildman–Crippen MR) is 50.4 cm³/mol. The van der Waals surface area contributed by atoms with E-state index in [1.807, 2.05) is 0 Å². The van der Waals surface area contributed by atoms with Crippen LogP contribution in [0.15, 0.2) is 12.3 Å². The molecule has 0 fully saturated rings. The van der Waals surface area contributed by atoms with Gasteiger partial charge in [0, 0.05) is 19.2 Å². The fraction of sp³-hybridized carbons (Fsp3) is 0.444. The van der Waals surface area contributed by atoms with Gasteiger partial charge < -0.3 is 10.8 Å². The van der Waals surface area contributed by atoms with E-state index in [1.54, 1.807) is 6.07 Å². The Morgan fingerprint density at radius 2 is 2.43 bits per heavy atom. The monoisotopic (exact) mass is 195 g/mol. The van der Waals surface area contributed by atoms with Crippen LogP contribution in [0.2, 0.25) is 0 Å². The summed E-state index contributed by atoms with van der Waals surface area (Å²) in [7, 11) is 0. The van der Waals surface area contributed by atoms with Crippen molar-refractivity contribution in [2.45, 2.75) is 19.4 Å². The van der Waals surface area contributed by atoms with E-state index in [2.05, 4.69) is 9.97 Å². The Morgan fingerprint density at radius 1 is 1.71 bits per heavy atom. The second kappa shape index (κ2) is 4.78. The van der Waals surface area contributed by atoms with Crippen molar-refractivity contribution < 1.29 is 9.90 Å². The topological polar surface area (TPSA) is 89.1 Å². The fourth-order valence-corrected chi connectivity index (χ4v) is 1.03. The van der Waals surface area contributed by atoms with Crippen molar-refractivity contribution in [3.63, 3.8) is 0 Å². The highest BCUT2D eigenvalue weighted by Crippen LogP contribution is 2.05. The Bertz CT molecular complexity index is 328. The molecular weight excluding hydrogens is 182 g/mol. The van der Waals surface area contributed by atoms with E-state index < -0.39 is 6.10 Å². The average molecular weight is 195 g/mol. The maximum atomic E-state index is 10.8. The molecule has 1 aromatic rings. The van der Waals surface area contributed by atoms with Crippen molar-refractivity contribution in [3.8, 4) is 0 Å². The summed E-state index contributed by atoms with van der Waals surface area (Å²) in [5, 5.41) is 9.35. The molecule has 0 spiro atoms. The Labute approximate surface area is 82.0 Å². The number of aliphatic hydroxyl groups excluding tert-OH is 1. The Balaban J connectivity index is 2.83. The highest BCUT2D eigenvalue weighted by atomic mass is 16.3. The minimum atomic E-state index is -0.859. The highest BCUT2D eigenvalue weighted by Gasteiger charge is 2.09. The maximum absolute atomic E-state index is 10.8. The zero-order valence-electron chi connectivity index (χ0n) is 7.97. The predicted octanol–water partition coefficient (Wildman–Crippen LogP) is -0.400. The molecule has 0 aromatic carbocycles. The van der Waals surface area contributed by atoms with Crippen molar-refractivity contribution in [1.82, 2.24) is 9.97 Å². The largest absolute Gasteiger partial charge is 0.384 e. The summed E-state index contributed by atoms with van der Waals surface area (Å²) in [4.78, 5) is 18.7. The normalized spacial score (nSPS) is 12.5. The molecule has 0 saturated heterocycles. The van der Waals surface area contributed by atoms with E-state index in [1.165, 1.54) is 13.1 Å². The minimum absolute atomic E-state index is 0.0249. The van der Waals surface area contributed by atoms with Crippen molar-refractivity contribution in [1.29, 1.82) is 0 Å². The van der Waals surface area contributed by atoms with Gasteiger partial charge in [-0.2, -0.15) is 0 Å². The molecule has 5 nitrogen and oxygen atoms in total. The molecule has 0 bridgehead atoms. The number of ketones is 1. The molecule has 76 valence electrons. The minimum Gasteiger partial charge on any atom is -0.384 e. The van der Waals surface area contributed by atoms with E-state index in [4.69, 9.17) is 5.73 Å². The molecule has 0 aliphatic heterocycles. The molecule has 1 atom stereocenters. The number of rotatable bonds is 4. The van der Waals surface area contributed by atoms with Crippen molar-refractivity contribution >= 4 is 5.78 Å². The number of hydrogen-bond donors (Lipinski definition) is 2. The lowest BCUT2D eigenvalue weighted by Gasteiger charge is -2.06. The first-order valence-electron chi connectivity index (χ1n) is 4.33. The number of aliphatic hydroxyl groups is 1. The number of carbonyl (C=O) groups excluding carboxylic acids is 1. The maximum Gasteiger partial charge on any atom is 0.158 e. The third-order valence-corrected chi connectivity index (χ3v) is 1.68. The SMILES string of the molecule is CC(=O)Cc1ccnc(C(O)CN)n1. The average Bonchev–Trinajstić information content (AvgIpc) is 2.16. The molecule has 0 aliphatic rings. The van der Waals surface area contributed by atoms with Gasteiger partial charge >= 0.3 is 0 Å². The quantitative estimate of drug-likeness (QED) is 0.682. The van der Waals surface area contributed by atoms with Gasteiger partial charge in [-0.15, -0.1) is 0 Å². The first-order chi connectivity index (χ1) is 6.63. The molecule has 1 heterocycles. The lowest BCUT2D eigenvalue weighted by Crippen LogP contribution is -2.15. The Hall–Kier alpha value is -1.33. The first kappa shape index (κ1) is 10.7. The number of hydrogen-bond acceptors (Lipinski definition) is 5. The summed E-state index contributed by atoms with van der Waals surface area (Å²) >= 11 is 0. The number of carbonyl (C=O) groups is 1. The van der Waals surface area contributed by atoms with E-state index >= 15 is 0 Å². The van der Waals surface area contributed by atoms with Gasteiger partial charge in [-0.25, -0.2) is 9.97 Å². The lowest BCUT2D eigenvalue weighted by atomic mass is 10.2. The van der Waals surface area contributed by atoms with Crippen LogP contribution in [0.25, 0.3) is 0 Å². The molecule has 0 saturated carbocycles. The fourth-order valence-electron chi connectivity index (χ4n) is 1.03. The zero-order valence-corrected chi connectivity index (χ0v) is 7.97. The Kier molecular flexibility index (Phi) is 3.67. The molecule has 0 aliphatic carbocycles. The van der Waals surface area contributed by atoms with Crippen molar-refractivity contribution in [2.24, 2.45) is 5.73 Å². The van der Waals surface area contributed by atoms with E-state index in [9.17, 15) is 9.90 Å². The summed E-state index contributed by atoms with van der Waals surface area (Å²) < 4.78 is 0. The van der Waals surface area contributed by atoms with E-state index in [0.29, 0.717) is 5.69 Å². The van der Waals surface area contributed by atoms with Gasteiger partial charge in [-0.05, 0) is 13.0 Å². The van der Waals surface area contributed by atoms with Gasteiger partial charge in [-0.1, -0.05) is 0 Å². The standard InChI is InChI=1S/C9H13N3O2/c1-6(13)4-7-2-3-11-9(12-7)8(14)5-10/h2-3,8,14H,4-5,10H2,1H3. The second-order valence-corrected chi connectivity index (χ2v) is 3.04. The number of nitrogens with two attached hydrogens (primary N) is 1. The molecular formula is C9H13N3O2. The Morgan fingerprint density at radius 3 is 3.00 bits per heavy atom. The van der Waals surface area contributed by atoms with Crippen molar-refractivity contribution in [3.05, 3.63) is 23.8 Å². The number of nitrogens with zero attached hydrogens (tertiary/aromatic N) is 2. The van der Waals surface area contributed by atoms with Gasteiger partial charge in [0.25, 0.3) is 0 Å². The van der Waals surface area contributed by atoms with Crippen LogP contribution in [0.5, 0.6) is 0 Å². The molecule has 0 amide bonds. The third-order valence-electron chi connectivity index (χ3n) is 1.68. The molecule has 1 rings (SSSR count). The summed E-state index contributed by atoms with van der Waals surface area (Å²) in [6.07, 6.45) is 0.911. The van der Waals surface area contributed by atoms with Gasteiger partial charge in [0.2, 0.25) is 0 Å². The first-order valence-corrected chi connectivity index (χ1v) is 4.33. The van der Waals surface area contributed by atoms with E-state index in [0.717, 1.165) is 0 Å². The van der Waals surface area contributed by atoms with Crippen LogP contribution in [0.3, 0.4) is 0 Å². The molecule has 0 radical (unpaired) electrons. The molecule has 14 heavy (non-hydrogen) atoms. The smallest absolute Gasteiger partial charge is 0.158 e. The summed E-state index contributed by atoms with van der Waals surface area (Å²) in [5.41, 5.74) is 5.86. The van der Waals surface area contributed by atoms with Crippen LogP contribution in [0, 0.1) is 0 Å². The molecule has 5 heteroatoms. The van der Waals surface area contributed by atoms with Crippen LogP contribution in [0.1, 0.15) is 24.5 Å². The second-order valence-electron chi connectivity index (χ2n) is 3.04. The van der Waals surface area contributed by atoms with Gasteiger partial charge in [0.05, 0.1) is 5.69 Å². The lowest BCUT2D eigenvalue weighted by molar-refractivity contribution is -0.116. The summed E-state index contributed by atoms with van der Waals surface area (Å²) in [6.45, 7) is 1.56. The molecule has 1 aromatic heterocycles. The molecule has 1 unspecified atom stereocenters. The number of Topliss-reactive ketones (excluding diaryl/α,β-unsaturated/α-hetero) is 1. The van der Waals surface area contributed by atoms with Crippen LogP contribution >= 0.6 is 0 Å². The van der Waals surface area contributed by atoms with Gasteiger partial charge in [0.15, 0.2) is 5.82 Å². The summed E-state index contributed by atoms with van der Waals surface area (Å²) in [6, 6.07) is 1.65. The van der Waals surface area contributed by atoms with E-state index in [-0.39, 0.29) is 24.6 Å².